The number of thioether (sulfide) groups is 1. The summed E-state index contributed by atoms with van der Waals surface area (Å²) in [7, 11) is 0. The Hall–Kier alpha value is -1.35. The molecule has 2 aliphatic rings. The number of rotatable bonds is 2. The van der Waals surface area contributed by atoms with Gasteiger partial charge < -0.3 is 11.2 Å². The molecule has 123 valence electrons. The van der Waals surface area contributed by atoms with Gasteiger partial charge in [0.15, 0.2) is 5.78 Å². The first-order chi connectivity index (χ1) is 10.6. The number of hydrogen-bond donors (Lipinski definition) is 1. The standard InChI is InChI=1S/C14H10S.C5H8O2.Ir/c1-2-6-11(7-3-1)14-10-12-8-4-5-9-13(12)15-14;1-4(6)3-5(2)7;/h1-6,8-9,12-13H;3,6H,1-2H3;/q-2;;/b;4-3-;. The Morgan fingerprint density at radius 2 is 2.00 bits per heavy atom. The third-order valence-electron chi connectivity index (χ3n) is 3.00. The number of hydrogen-bond acceptors (Lipinski definition) is 3. The van der Waals surface area contributed by atoms with Crippen LogP contribution in [0.2, 0.25) is 0 Å². The first-order valence-electron chi connectivity index (χ1n) is 7.06. The predicted octanol–water partition coefficient (Wildman–Crippen LogP) is 4.52. The van der Waals surface area contributed by atoms with Crippen molar-refractivity contribution in [1.29, 1.82) is 0 Å². The Kier molecular flexibility index (Phi) is 8.32. The first-order valence-corrected chi connectivity index (χ1v) is 7.94. The normalized spacial score (nSPS) is 21.5. The van der Waals surface area contributed by atoms with Gasteiger partial charge in [0.1, 0.15) is 0 Å². The number of benzene rings is 1. The summed E-state index contributed by atoms with van der Waals surface area (Å²) < 4.78 is 0. The fraction of sp³-hybridized carbons (Fsp3) is 0.211. The smallest absolute Gasteiger partial charge is 0.155 e. The minimum absolute atomic E-state index is 0. The number of aliphatic hydroxyl groups excluding tert-OH is 1. The summed E-state index contributed by atoms with van der Waals surface area (Å²) >= 11 is 1.88. The van der Waals surface area contributed by atoms with Crippen LogP contribution in [0.4, 0.5) is 0 Å². The molecule has 1 N–H and O–H groups in total. The van der Waals surface area contributed by atoms with E-state index in [0.717, 1.165) is 0 Å². The van der Waals surface area contributed by atoms with Crippen molar-refractivity contribution in [2.75, 3.05) is 0 Å². The maximum atomic E-state index is 10.0. The van der Waals surface area contributed by atoms with Crippen LogP contribution < -0.4 is 0 Å². The van der Waals surface area contributed by atoms with Gasteiger partial charge in [0.25, 0.3) is 0 Å². The summed E-state index contributed by atoms with van der Waals surface area (Å²) in [5.41, 5.74) is 1.17. The molecule has 1 heterocycles. The SMILES string of the molecule is CC(=O)/C=C(/C)O.[C-]1=C(c2[c-]cccc2)SC2C=CC=CC12.[Ir]. The molecule has 0 amide bonds. The zero-order valence-electron chi connectivity index (χ0n) is 12.9. The zero-order valence-corrected chi connectivity index (χ0v) is 16.2. The van der Waals surface area contributed by atoms with E-state index in [0.29, 0.717) is 11.2 Å². The maximum Gasteiger partial charge on any atom is 0.155 e. The average Bonchev–Trinajstić information content (AvgIpc) is 2.91. The fourth-order valence-electron chi connectivity index (χ4n) is 2.12. The minimum Gasteiger partial charge on any atom is -0.512 e. The molecule has 0 spiro atoms. The molecule has 2 nitrogen and oxygen atoms in total. The van der Waals surface area contributed by atoms with Crippen LogP contribution in [0.3, 0.4) is 0 Å². The summed E-state index contributed by atoms with van der Waals surface area (Å²) in [4.78, 5) is 11.3. The number of carbonyl (C=O) groups is 1. The van der Waals surface area contributed by atoms with Gasteiger partial charge in [0.05, 0.1) is 5.76 Å². The molecule has 0 aromatic heterocycles. The Labute approximate surface area is 155 Å². The monoisotopic (exact) mass is 503 g/mol. The van der Waals surface area contributed by atoms with Gasteiger partial charge in [0, 0.05) is 31.4 Å². The van der Waals surface area contributed by atoms with E-state index in [9.17, 15) is 4.79 Å². The van der Waals surface area contributed by atoms with Crippen LogP contribution >= 0.6 is 11.8 Å². The van der Waals surface area contributed by atoms with E-state index in [2.05, 4.69) is 48.6 Å². The van der Waals surface area contributed by atoms with Crippen molar-refractivity contribution in [3.05, 3.63) is 78.1 Å². The summed E-state index contributed by atoms with van der Waals surface area (Å²) in [5, 5.41) is 8.90. The zero-order chi connectivity index (χ0) is 15.9. The van der Waals surface area contributed by atoms with Gasteiger partial charge in [-0.2, -0.15) is 12.1 Å². The van der Waals surface area contributed by atoms with Crippen LogP contribution in [0.25, 0.3) is 4.91 Å². The molecule has 4 heteroatoms. The summed E-state index contributed by atoms with van der Waals surface area (Å²) in [6.45, 7) is 2.85. The molecule has 1 aliphatic carbocycles. The molecule has 1 aromatic rings. The van der Waals surface area contributed by atoms with Gasteiger partial charge in [-0.05, 0) is 13.8 Å². The Morgan fingerprint density at radius 1 is 1.26 bits per heavy atom. The van der Waals surface area contributed by atoms with E-state index in [-0.39, 0.29) is 31.6 Å². The van der Waals surface area contributed by atoms with E-state index in [1.54, 1.807) is 0 Å². The molecule has 1 aliphatic heterocycles. The summed E-state index contributed by atoms with van der Waals surface area (Å²) in [6.07, 6.45) is 13.4. The second kappa shape index (κ2) is 9.71. The van der Waals surface area contributed by atoms with E-state index in [1.807, 2.05) is 23.9 Å². The summed E-state index contributed by atoms with van der Waals surface area (Å²) in [5.74, 6) is 0.385. The van der Waals surface area contributed by atoms with Crippen molar-refractivity contribution in [3.8, 4) is 0 Å². The molecule has 0 saturated heterocycles. The maximum absolute atomic E-state index is 10.0. The van der Waals surface area contributed by atoms with Crippen LogP contribution in [0, 0.1) is 18.1 Å². The van der Waals surface area contributed by atoms with Crippen molar-refractivity contribution < 1.29 is 30.0 Å². The molecule has 3 rings (SSSR count). The molecule has 0 bridgehead atoms. The Balaban J connectivity index is 0.000000287. The fourth-order valence-corrected chi connectivity index (χ4v) is 3.33. The number of aliphatic hydroxyl groups is 1. The van der Waals surface area contributed by atoms with Gasteiger partial charge in [-0.3, -0.25) is 10.4 Å². The van der Waals surface area contributed by atoms with Crippen LogP contribution in [0.5, 0.6) is 0 Å². The van der Waals surface area contributed by atoms with E-state index in [1.165, 1.54) is 30.4 Å². The second-order valence-corrected chi connectivity index (χ2v) is 6.21. The largest absolute Gasteiger partial charge is 0.512 e. The molecule has 0 saturated carbocycles. The quantitative estimate of drug-likeness (QED) is 0.367. The Morgan fingerprint density at radius 3 is 2.52 bits per heavy atom. The van der Waals surface area contributed by atoms with Crippen molar-refractivity contribution >= 4 is 22.5 Å². The van der Waals surface area contributed by atoms with Crippen molar-refractivity contribution in [1.82, 2.24) is 0 Å². The van der Waals surface area contributed by atoms with Crippen molar-refractivity contribution in [2.45, 2.75) is 19.1 Å². The van der Waals surface area contributed by atoms with E-state index >= 15 is 0 Å². The number of ketones is 1. The topological polar surface area (TPSA) is 37.3 Å². The Bertz CT molecular complexity index is 641. The molecular weight excluding hydrogens is 484 g/mol. The van der Waals surface area contributed by atoms with Gasteiger partial charge in [-0.15, -0.1) is 6.07 Å². The van der Waals surface area contributed by atoms with Crippen molar-refractivity contribution in [3.63, 3.8) is 0 Å². The van der Waals surface area contributed by atoms with Crippen molar-refractivity contribution in [2.24, 2.45) is 5.92 Å². The van der Waals surface area contributed by atoms with Crippen LogP contribution in [0.1, 0.15) is 19.4 Å². The third kappa shape index (κ3) is 6.34. The van der Waals surface area contributed by atoms with E-state index in [4.69, 9.17) is 5.11 Å². The van der Waals surface area contributed by atoms with Crippen LogP contribution in [-0.2, 0) is 24.9 Å². The minimum atomic E-state index is -0.125. The van der Waals surface area contributed by atoms with E-state index < -0.39 is 0 Å². The molecule has 2 unspecified atom stereocenters. The van der Waals surface area contributed by atoms with Gasteiger partial charge in [0.2, 0.25) is 0 Å². The molecule has 23 heavy (non-hydrogen) atoms. The average molecular weight is 503 g/mol. The second-order valence-electron chi connectivity index (χ2n) is 5.02. The molecular formula is C19H18IrO2S-2. The number of fused-ring (bicyclic) bond motifs is 1. The van der Waals surface area contributed by atoms with Gasteiger partial charge in [-0.25, -0.2) is 28.8 Å². The first kappa shape index (κ1) is 19.7. The van der Waals surface area contributed by atoms with Gasteiger partial charge >= 0.3 is 0 Å². The molecule has 2 atom stereocenters. The number of allylic oxidation sites excluding steroid dienone is 6. The van der Waals surface area contributed by atoms with Crippen LogP contribution in [-0.4, -0.2) is 16.1 Å². The third-order valence-corrected chi connectivity index (χ3v) is 4.30. The van der Waals surface area contributed by atoms with Crippen LogP contribution in [0.15, 0.2) is 60.4 Å². The predicted molar refractivity (Wildman–Crippen MR) is 92.1 cm³/mol. The number of carbonyl (C=O) groups excluding carboxylic acids is 1. The summed E-state index contributed by atoms with van der Waals surface area (Å²) in [6, 6.07) is 11.4. The molecule has 0 fully saturated rings. The molecule has 1 radical (unpaired) electrons. The van der Waals surface area contributed by atoms with Gasteiger partial charge in [-0.1, -0.05) is 30.2 Å². The molecule has 1 aromatic carbocycles.